The van der Waals surface area contributed by atoms with Crippen LogP contribution in [0.2, 0.25) is 0 Å². The SMILES string of the molecule is C=C1C=CC=CN1/C=C(\C)c1ccc(-c2cc3c4ccccc4c4ccccc4c3c3ccccc23)cc1. The van der Waals surface area contributed by atoms with Crippen LogP contribution in [-0.2, 0) is 0 Å². The van der Waals surface area contributed by atoms with E-state index in [9.17, 15) is 0 Å². The minimum atomic E-state index is 0.964. The number of nitrogens with zero attached hydrogens (tertiary/aromatic N) is 1. The summed E-state index contributed by atoms with van der Waals surface area (Å²) in [6.45, 7) is 6.28. The van der Waals surface area contributed by atoms with Crippen LogP contribution in [0.1, 0.15) is 12.5 Å². The van der Waals surface area contributed by atoms with Gasteiger partial charge in [-0.05, 0) is 90.5 Å². The molecule has 0 fully saturated rings. The molecule has 1 aliphatic heterocycles. The van der Waals surface area contributed by atoms with Gasteiger partial charge in [0.2, 0.25) is 0 Å². The molecule has 0 unspecified atom stereocenters. The van der Waals surface area contributed by atoms with Crippen molar-refractivity contribution in [2.45, 2.75) is 6.92 Å². The Bertz CT molecular complexity index is 1980. The van der Waals surface area contributed by atoms with Crippen LogP contribution in [0.3, 0.4) is 0 Å². The highest BCUT2D eigenvalue weighted by atomic mass is 15.1. The van der Waals surface area contributed by atoms with Gasteiger partial charge >= 0.3 is 0 Å². The number of fused-ring (bicyclic) bond motifs is 8. The summed E-state index contributed by atoms with van der Waals surface area (Å²) in [6.07, 6.45) is 10.2. The van der Waals surface area contributed by atoms with Crippen molar-refractivity contribution in [1.29, 1.82) is 0 Å². The summed E-state index contributed by atoms with van der Waals surface area (Å²) >= 11 is 0. The molecule has 1 nitrogen and oxygen atoms in total. The third-order valence-corrected chi connectivity index (χ3v) is 7.71. The van der Waals surface area contributed by atoms with Crippen LogP contribution in [0.25, 0.3) is 59.8 Å². The third-order valence-electron chi connectivity index (χ3n) is 7.71. The van der Waals surface area contributed by atoms with Crippen molar-refractivity contribution in [3.8, 4) is 11.1 Å². The Kier molecular flexibility index (Phi) is 5.23. The van der Waals surface area contributed by atoms with E-state index in [1.54, 1.807) is 0 Å². The molecule has 0 saturated heterocycles. The van der Waals surface area contributed by atoms with Crippen LogP contribution in [-0.4, -0.2) is 4.90 Å². The summed E-state index contributed by atoms with van der Waals surface area (Å²) in [5, 5.41) is 10.4. The van der Waals surface area contributed by atoms with E-state index in [2.05, 4.69) is 128 Å². The number of benzene rings is 6. The van der Waals surface area contributed by atoms with Crippen molar-refractivity contribution in [3.63, 3.8) is 0 Å². The molecule has 0 N–H and O–H groups in total. The van der Waals surface area contributed by atoms with E-state index >= 15 is 0 Å². The van der Waals surface area contributed by atoms with E-state index in [0.717, 1.165) is 5.70 Å². The van der Waals surface area contributed by atoms with Gasteiger partial charge in [-0.15, -0.1) is 0 Å². The van der Waals surface area contributed by atoms with Gasteiger partial charge in [-0.2, -0.15) is 0 Å². The predicted molar refractivity (Wildman–Crippen MR) is 165 cm³/mol. The first kappa shape index (κ1) is 22.3. The molecule has 1 heteroatoms. The van der Waals surface area contributed by atoms with Crippen LogP contribution in [0.4, 0.5) is 0 Å². The fourth-order valence-corrected chi connectivity index (χ4v) is 5.82. The van der Waals surface area contributed by atoms with Gasteiger partial charge < -0.3 is 4.90 Å². The highest BCUT2D eigenvalue weighted by Crippen LogP contribution is 2.42. The first-order valence-corrected chi connectivity index (χ1v) is 13.1. The lowest BCUT2D eigenvalue weighted by Gasteiger charge is -2.19. The largest absolute Gasteiger partial charge is 0.324 e. The van der Waals surface area contributed by atoms with Crippen molar-refractivity contribution >= 4 is 48.7 Å². The Labute approximate surface area is 222 Å². The molecular weight excluding hydrogens is 458 g/mol. The normalized spacial score (nSPS) is 13.9. The van der Waals surface area contributed by atoms with Crippen LogP contribution in [0.5, 0.6) is 0 Å². The number of rotatable bonds is 3. The van der Waals surface area contributed by atoms with Gasteiger partial charge in [0, 0.05) is 18.1 Å². The number of allylic oxidation sites excluding steroid dienone is 4. The molecule has 1 aliphatic rings. The average molecular weight is 486 g/mol. The molecule has 0 aliphatic carbocycles. The van der Waals surface area contributed by atoms with Gasteiger partial charge in [0.15, 0.2) is 0 Å². The van der Waals surface area contributed by atoms with Gasteiger partial charge in [0.25, 0.3) is 0 Å². The first-order chi connectivity index (χ1) is 18.7. The van der Waals surface area contributed by atoms with Crippen molar-refractivity contribution < 1.29 is 0 Å². The zero-order chi connectivity index (χ0) is 25.6. The minimum Gasteiger partial charge on any atom is -0.324 e. The molecule has 0 radical (unpaired) electrons. The monoisotopic (exact) mass is 485 g/mol. The standard InChI is InChI=1S/C37H27N/c1-25(24-38-22-10-9-11-26(38)2)27-18-20-28(21-19-27)35-23-36-31-14-4-3-12-29(31)30-13-5-7-16-33(30)37(36)34-17-8-6-15-32(34)35/h3-24H,2H2,1H3/b25-24+. The maximum atomic E-state index is 4.13. The van der Waals surface area contributed by atoms with Gasteiger partial charge in [0.1, 0.15) is 0 Å². The van der Waals surface area contributed by atoms with E-state index in [4.69, 9.17) is 0 Å². The number of hydrogen-bond donors (Lipinski definition) is 0. The molecular formula is C37H27N. The summed E-state index contributed by atoms with van der Waals surface area (Å²) < 4.78 is 0. The van der Waals surface area contributed by atoms with Crippen LogP contribution < -0.4 is 0 Å². The van der Waals surface area contributed by atoms with Crippen LogP contribution in [0.15, 0.2) is 146 Å². The quantitative estimate of drug-likeness (QED) is 0.225. The second-order valence-corrected chi connectivity index (χ2v) is 9.97. The Balaban J connectivity index is 1.44. The molecule has 0 saturated carbocycles. The fourth-order valence-electron chi connectivity index (χ4n) is 5.82. The molecule has 180 valence electrons. The Hall–Kier alpha value is -4.88. The van der Waals surface area contributed by atoms with Crippen LogP contribution >= 0.6 is 0 Å². The molecule has 38 heavy (non-hydrogen) atoms. The smallest absolute Gasteiger partial charge is 0.0377 e. The highest BCUT2D eigenvalue weighted by Gasteiger charge is 2.15. The van der Waals surface area contributed by atoms with E-state index in [1.165, 1.54) is 65.4 Å². The second kappa shape index (κ2) is 8.90. The fraction of sp³-hybridized carbons (Fsp3) is 0.0270. The minimum absolute atomic E-state index is 0.964. The van der Waals surface area contributed by atoms with Crippen molar-refractivity contribution in [1.82, 2.24) is 4.90 Å². The molecule has 7 rings (SSSR count). The first-order valence-electron chi connectivity index (χ1n) is 13.1. The Morgan fingerprint density at radius 2 is 1.18 bits per heavy atom. The Morgan fingerprint density at radius 3 is 1.84 bits per heavy atom. The van der Waals surface area contributed by atoms with Crippen molar-refractivity contribution in [3.05, 3.63) is 152 Å². The molecule has 1 heterocycles. The summed E-state index contributed by atoms with van der Waals surface area (Å²) in [5.74, 6) is 0. The zero-order valence-corrected chi connectivity index (χ0v) is 21.4. The maximum absolute atomic E-state index is 4.13. The molecule has 0 aromatic heterocycles. The van der Waals surface area contributed by atoms with E-state index in [1.807, 2.05) is 24.4 Å². The molecule has 6 aromatic rings. The molecule has 0 spiro atoms. The molecule has 0 bridgehead atoms. The molecule has 0 atom stereocenters. The van der Waals surface area contributed by atoms with E-state index in [-0.39, 0.29) is 0 Å². The summed E-state index contributed by atoms with van der Waals surface area (Å²) in [7, 11) is 0. The lowest BCUT2D eigenvalue weighted by molar-refractivity contribution is 0.650. The van der Waals surface area contributed by atoms with Gasteiger partial charge in [-0.25, -0.2) is 0 Å². The average Bonchev–Trinajstić information content (AvgIpc) is 2.98. The lowest BCUT2D eigenvalue weighted by Crippen LogP contribution is -2.08. The molecule has 0 amide bonds. The lowest BCUT2D eigenvalue weighted by atomic mass is 9.87. The van der Waals surface area contributed by atoms with Gasteiger partial charge in [0.05, 0.1) is 0 Å². The van der Waals surface area contributed by atoms with E-state index in [0.29, 0.717) is 0 Å². The third kappa shape index (κ3) is 3.55. The summed E-state index contributed by atoms with van der Waals surface area (Å²) in [4.78, 5) is 2.06. The highest BCUT2D eigenvalue weighted by molar-refractivity contribution is 6.32. The predicted octanol–water partition coefficient (Wildman–Crippen LogP) is 10.2. The molecule has 6 aromatic carbocycles. The van der Waals surface area contributed by atoms with Gasteiger partial charge in [-0.3, -0.25) is 0 Å². The zero-order valence-electron chi connectivity index (χ0n) is 21.4. The Morgan fingerprint density at radius 1 is 0.632 bits per heavy atom. The van der Waals surface area contributed by atoms with Crippen molar-refractivity contribution in [2.75, 3.05) is 0 Å². The van der Waals surface area contributed by atoms with E-state index < -0.39 is 0 Å². The summed E-state index contributed by atoms with van der Waals surface area (Å²) in [6, 6.07) is 37.8. The maximum Gasteiger partial charge on any atom is 0.0377 e. The topological polar surface area (TPSA) is 3.24 Å². The second-order valence-electron chi connectivity index (χ2n) is 9.97. The van der Waals surface area contributed by atoms with Crippen LogP contribution in [0, 0.1) is 0 Å². The number of hydrogen-bond acceptors (Lipinski definition) is 1. The summed E-state index contributed by atoms with van der Waals surface area (Å²) in [5.41, 5.74) is 5.84. The van der Waals surface area contributed by atoms with Crippen molar-refractivity contribution in [2.24, 2.45) is 0 Å². The van der Waals surface area contributed by atoms with Gasteiger partial charge in [-0.1, -0.05) is 110 Å².